The van der Waals surface area contributed by atoms with Crippen LogP contribution in [0.15, 0.2) is 16.9 Å². The minimum Gasteiger partial charge on any atom is -0.506 e. The van der Waals surface area contributed by atoms with Gasteiger partial charge in [0.25, 0.3) is 0 Å². The van der Waals surface area contributed by atoms with Gasteiger partial charge < -0.3 is 15.4 Å². The standard InChI is InChI=1S/C10H10N2O3S/c1-11-7(14)4-5-2-3-6(13)8-9(5)16-10(15)12-8/h2-3,13H,4H2,1H3,(H,11,14)(H,12,15). The molecule has 0 bridgehead atoms. The Hall–Kier alpha value is -1.82. The Labute approximate surface area is 94.7 Å². The summed E-state index contributed by atoms with van der Waals surface area (Å²) in [7, 11) is 1.56. The molecule has 1 amide bonds. The van der Waals surface area contributed by atoms with Crippen LogP contribution >= 0.6 is 11.3 Å². The van der Waals surface area contributed by atoms with Gasteiger partial charge in [0.2, 0.25) is 5.91 Å². The van der Waals surface area contributed by atoms with Crippen LogP contribution in [0.25, 0.3) is 10.2 Å². The second-order valence-corrected chi connectivity index (χ2v) is 4.30. The molecule has 16 heavy (non-hydrogen) atoms. The van der Waals surface area contributed by atoms with Gasteiger partial charge >= 0.3 is 4.87 Å². The van der Waals surface area contributed by atoms with Crippen molar-refractivity contribution < 1.29 is 9.90 Å². The van der Waals surface area contributed by atoms with E-state index in [0.717, 1.165) is 16.9 Å². The summed E-state index contributed by atoms with van der Waals surface area (Å²) in [6.07, 6.45) is 0.196. The fourth-order valence-electron chi connectivity index (χ4n) is 1.47. The number of likely N-dealkylation sites (N-methyl/N-ethyl adjacent to an activating group) is 1. The van der Waals surface area contributed by atoms with Crippen molar-refractivity contribution in [3.63, 3.8) is 0 Å². The number of benzene rings is 1. The van der Waals surface area contributed by atoms with E-state index in [-0.39, 0.29) is 23.0 Å². The number of hydrogen-bond acceptors (Lipinski definition) is 4. The van der Waals surface area contributed by atoms with E-state index in [4.69, 9.17) is 0 Å². The molecule has 0 spiro atoms. The van der Waals surface area contributed by atoms with E-state index in [9.17, 15) is 14.7 Å². The Bertz CT molecular complexity index is 600. The number of aromatic nitrogens is 1. The second kappa shape index (κ2) is 3.97. The summed E-state index contributed by atoms with van der Waals surface area (Å²) in [5, 5.41) is 12.1. The van der Waals surface area contributed by atoms with Crippen LogP contribution in [0.5, 0.6) is 5.75 Å². The molecule has 1 aromatic heterocycles. The smallest absolute Gasteiger partial charge is 0.305 e. The van der Waals surface area contributed by atoms with Crippen molar-refractivity contribution in [3.05, 3.63) is 27.4 Å². The Morgan fingerprint density at radius 3 is 3.00 bits per heavy atom. The lowest BCUT2D eigenvalue weighted by atomic mass is 10.1. The first-order valence-electron chi connectivity index (χ1n) is 4.66. The highest BCUT2D eigenvalue weighted by atomic mass is 32.1. The first kappa shape index (κ1) is 10.7. The molecule has 84 valence electrons. The molecule has 0 unspecified atom stereocenters. The van der Waals surface area contributed by atoms with Crippen molar-refractivity contribution in [2.24, 2.45) is 0 Å². The number of phenols is 1. The van der Waals surface area contributed by atoms with Crippen LogP contribution in [-0.2, 0) is 11.2 Å². The molecule has 1 heterocycles. The molecule has 3 N–H and O–H groups in total. The zero-order chi connectivity index (χ0) is 11.7. The molecule has 0 aliphatic heterocycles. The highest BCUT2D eigenvalue weighted by Gasteiger charge is 2.11. The lowest BCUT2D eigenvalue weighted by Gasteiger charge is -2.02. The van der Waals surface area contributed by atoms with Crippen LogP contribution in [-0.4, -0.2) is 23.0 Å². The van der Waals surface area contributed by atoms with Crippen molar-refractivity contribution in [1.29, 1.82) is 0 Å². The summed E-state index contributed by atoms with van der Waals surface area (Å²) in [5.41, 5.74) is 1.13. The molecule has 1 aromatic carbocycles. The van der Waals surface area contributed by atoms with E-state index in [1.807, 2.05) is 0 Å². The first-order valence-corrected chi connectivity index (χ1v) is 5.47. The van der Waals surface area contributed by atoms with Crippen LogP contribution in [0.4, 0.5) is 0 Å². The molecule has 0 atom stereocenters. The van der Waals surface area contributed by atoms with E-state index in [0.29, 0.717) is 10.2 Å². The monoisotopic (exact) mass is 238 g/mol. The summed E-state index contributed by atoms with van der Waals surface area (Å²) >= 11 is 0.994. The van der Waals surface area contributed by atoms with Gasteiger partial charge in [-0.05, 0) is 11.6 Å². The zero-order valence-corrected chi connectivity index (χ0v) is 9.35. The van der Waals surface area contributed by atoms with Crippen molar-refractivity contribution >= 4 is 27.5 Å². The summed E-state index contributed by atoms with van der Waals surface area (Å²) in [4.78, 5) is 24.8. The Kier molecular flexibility index (Phi) is 2.66. The average Bonchev–Trinajstić information content (AvgIpc) is 2.65. The molecule has 2 rings (SSSR count). The van der Waals surface area contributed by atoms with Gasteiger partial charge in [-0.1, -0.05) is 17.4 Å². The van der Waals surface area contributed by atoms with Gasteiger partial charge in [0.15, 0.2) is 0 Å². The van der Waals surface area contributed by atoms with Gasteiger partial charge in [0.1, 0.15) is 11.3 Å². The van der Waals surface area contributed by atoms with Gasteiger partial charge in [-0.2, -0.15) is 0 Å². The van der Waals surface area contributed by atoms with E-state index in [2.05, 4.69) is 10.3 Å². The Balaban J connectivity index is 2.58. The number of rotatable bonds is 2. The number of hydrogen-bond donors (Lipinski definition) is 3. The van der Waals surface area contributed by atoms with Crippen molar-refractivity contribution in [2.45, 2.75) is 6.42 Å². The summed E-state index contributed by atoms with van der Waals surface area (Å²) in [6.45, 7) is 0. The molecule has 2 aromatic rings. The summed E-state index contributed by atoms with van der Waals surface area (Å²) in [5.74, 6) is -0.109. The number of phenolic OH excluding ortho intramolecular Hbond substituents is 1. The predicted octanol–water partition coefficient (Wildman–Crippen LogP) is 0.584. The second-order valence-electron chi connectivity index (χ2n) is 3.31. The molecule has 5 nitrogen and oxygen atoms in total. The van der Waals surface area contributed by atoms with Crippen molar-refractivity contribution in [1.82, 2.24) is 10.3 Å². The van der Waals surface area contributed by atoms with E-state index >= 15 is 0 Å². The van der Waals surface area contributed by atoms with Gasteiger partial charge in [-0.25, -0.2) is 0 Å². The minimum atomic E-state index is -0.241. The molecule has 6 heteroatoms. The van der Waals surface area contributed by atoms with Crippen molar-refractivity contribution in [2.75, 3.05) is 7.05 Å². The normalized spacial score (nSPS) is 10.6. The largest absolute Gasteiger partial charge is 0.506 e. The number of thiazole rings is 1. The topological polar surface area (TPSA) is 82.2 Å². The third kappa shape index (κ3) is 1.79. The van der Waals surface area contributed by atoms with Crippen LogP contribution in [0.1, 0.15) is 5.56 Å². The Morgan fingerprint density at radius 2 is 2.31 bits per heavy atom. The average molecular weight is 238 g/mol. The quantitative estimate of drug-likeness (QED) is 0.716. The number of aromatic amines is 1. The maximum atomic E-state index is 11.3. The van der Waals surface area contributed by atoms with E-state index < -0.39 is 0 Å². The molecule has 0 fully saturated rings. The molecule has 0 saturated heterocycles. The van der Waals surface area contributed by atoms with Gasteiger partial charge in [0, 0.05) is 7.05 Å². The first-order chi connectivity index (χ1) is 7.61. The minimum absolute atomic E-state index is 0.0222. The molecule has 0 aliphatic carbocycles. The van der Waals surface area contributed by atoms with Gasteiger partial charge in [0.05, 0.1) is 11.1 Å². The maximum Gasteiger partial charge on any atom is 0.305 e. The highest BCUT2D eigenvalue weighted by Crippen LogP contribution is 2.27. The summed E-state index contributed by atoms with van der Waals surface area (Å²) in [6, 6.07) is 3.12. The number of carbonyl (C=O) groups excluding carboxylic acids is 1. The number of aromatic hydroxyl groups is 1. The third-order valence-electron chi connectivity index (χ3n) is 2.27. The van der Waals surface area contributed by atoms with Gasteiger partial charge in [-0.3, -0.25) is 9.59 Å². The molecule has 0 radical (unpaired) electrons. The van der Waals surface area contributed by atoms with Gasteiger partial charge in [-0.15, -0.1) is 0 Å². The number of nitrogens with one attached hydrogen (secondary N) is 2. The Morgan fingerprint density at radius 1 is 1.56 bits per heavy atom. The lowest BCUT2D eigenvalue weighted by molar-refractivity contribution is -0.119. The maximum absolute atomic E-state index is 11.3. The van der Waals surface area contributed by atoms with E-state index in [1.54, 1.807) is 13.1 Å². The fourth-order valence-corrected chi connectivity index (χ4v) is 2.34. The van der Waals surface area contributed by atoms with Crippen LogP contribution in [0.3, 0.4) is 0 Å². The number of amides is 1. The number of carbonyl (C=O) groups is 1. The fraction of sp³-hybridized carbons (Fsp3) is 0.200. The van der Waals surface area contributed by atoms with E-state index in [1.165, 1.54) is 6.07 Å². The SMILES string of the molecule is CNC(=O)Cc1ccc(O)c2[nH]c(=O)sc12. The number of H-pyrrole nitrogens is 1. The van der Waals surface area contributed by atoms with Crippen molar-refractivity contribution in [3.8, 4) is 5.75 Å². The summed E-state index contributed by atoms with van der Waals surface area (Å²) < 4.78 is 0.633. The van der Waals surface area contributed by atoms with Crippen LogP contribution < -0.4 is 10.2 Å². The predicted molar refractivity (Wildman–Crippen MR) is 61.9 cm³/mol. The molecule has 0 saturated carbocycles. The molecular formula is C10H10N2O3S. The zero-order valence-electron chi connectivity index (χ0n) is 8.53. The molecular weight excluding hydrogens is 228 g/mol. The number of fused-ring (bicyclic) bond motifs is 1. The lowest BCUT2D eigenvalue weighted by Crippen LogP contribution is -2.19. The molecule has 0 aliphatic rings. The third-order valence-corrected chi connectivity index (χ3v) is 3.23. The van der Waals surface area contributed by atoms with Crippen LogP contribution in [0.2, 0.25) is 0 Å². The highest BCUT2D eigenvalue weighted by molar-refractivity contribution is 7.16. The van der Waals surface area contributed by atoms with Crippen LogP contribution in [0, 0.1) is 0 Å².